The van der Waals surface area contributed by atoms with Crippen LogP contribution in [0.25, 0.3) is 0 Å². The molecule has 2 unspecified atom stereocenters. The van der Waals surface area contributed by atoms with Gasteiger partial charge in [-0.15, -0.1) is 0 Å². The maximum Gasteiger partial charge on any atom is 0.165 e. The zero-order valence-electron chi connectivity index (χ0n) is 10.3. The van der Waals surface area contributed by atoms with E-state index in [2.05, 4.69) is 12.2 Å². The highest BCUT2D eigenvalue weighted by atomic mass is 19.1. The number of ether oxygens (including phenoxy) is 1. The predicted molar refractivity (Wildman–Crippen MR) is 66.7 cm³/mol. The molecule has 3 heteroatoms. The second-order valence-corrected chi connectivity index (χ2v) is 4.59. The third kappa shape index (κ3) is 3.43. The van der Waals surface area contributed by atoms with Crippen LogP contribution in [0.5, 0.6) is 5.75 Å². The Labute approximate surface area is 102 Å². The third-order valence-corrected chi connectivity index (χ3v) is 3.25. The van der Waals surface area contributed by atoms with Gasteiger partial charge in [-0.2, -0.15) is 0 Å². The van der Waals surface area contributed by atoms with Gasteiger partial charge < -0.3 is 10.1 Å². The summed E-state index contributed by atoms with van der Waals surface area (Å²) < 4.78 is 19.2. The van der Waals surface area contributed by atoms with Gasteiger partial charge >= 0.3 is 0 Å². The molecule has 1 aromatic carbocycles. The Balaban J connectivity index is 1.92. The van der Waals surface area contributed by atoms with Gasteiger partial charge in [-0.1, -0.05) is 19.1 Å². The van der Waals surface area contributed by atoms with E-state index in [1.54, 1.807) is 12.1 Å². The van der Waals surface area contributed by atoms with E-state index >= 15 is 0 Å². The molecule has 0 heterocycles. The highest BCUT2D eigenvalue weighted by Crippen LogP contribution is 2.25. The van der Waals surface area contributed by atoms with Gasteiger partial charge in [-0.05, 0) is 44.4 Å². The fourth-order valence-electron chi connectivity index (χ4n) is 2.45. The average molecular weight is 237 g/mol. The average Bonchev–Trinajstić information content (AvgIpc) is 2.33. The first kappa shape index (κ1) is 12.4. The molecule has 0 radical (unpaired) electrons. The molecule has 1 N–H and O–H groups in total. The quantitative estimate of drug-likeness (QED) is 0.868. The first-order chi connectivity index (χ1) is 8.29. The summed E-state index contributed by atoms with van der Waals surface area (Å²) in [4.78, 5) is 0. The van der Waals surface area contributed by atoms with Crippen LogP contribution in [0.1, 0.15) is 32.6 Å². The number of halogens is 1. The van der Waals surface area contributed by atoms with Crippen molar-refractivity contribution in [2.45, 2.75) is 44.8 Å². The van der Waals surface area contributed by atoms with Crippen LogP contribution in [0.4, 0.5) is 4.39 Å². The van der Waals surface area contributed by atoms with E-state index in [1.807, 2.05) is 6.07 Å². The van der Waals surface area contributed by atoms with Gasteiger partial charge in [0.2, 0.25) is 0 Å². The summed E-state index contributed by atoms with van der Waals surface area (Å²) in [6.45, 7) is 3.10. The minimum atomic E-state index is -0.266. The van der Waals surface area contributed by atoms with Crippen LogP contribution >= 0.6 is 0 Å². The Hall–Kier alpha value is -1.09. The summed E-state index contributed by atoms with van der Waals surface area (Å²) in [5, 5.41) is 3.44. The summed E-state index contributed by atoms with van der Waals surface area (Å²) in [6.07, 6.45) is 4.49. The number of benzene rings is 1. The summed E-state index contributed by atoms with van der Waals surface area (Å²) in [6, 6.07) is 7.16. The van der Waals surface area contributed by atoms with Gasteiger partial charge in [0.15, 0.2) is 11.6 Å². The summed E-state index contributed by atoms with van der Waals surface area (Å²) >= 11 is 0. The van der Waals surface area contributed by atoms with Gasteiger partial charge in [-0.25, -0.2) is 4.39 Å². The maximum atomic E-state index is 13.4. The van der Waals surface area contributed by atoms with Crippen LogP contribution in [0, 0.1) is 5.82 Å². The SMILES string of the molecule is CCNC1CCCC(Oc2ccccc2F)C1. The number of hydrogen-bond donors (Lipinski definition) is 1. The van der Waals surface area contributed by atoms with Crippen molar-refractivity contribution in [3.05, 3.63) is 30.1 Å². The lowest BCUT2D eigenvalue weighted by Crippen LogP contribution is -2.38. The van der Waals surface area contributed by atoms with Crippen LogP contribution in [-0.4, -0.2) is 18.7 Å². The Morgan fingerprint density at radius 2 is 2.18 bits per heavy atom. The Bertz CT molecular complexity index is 354. The largest absolute Gasteiger partial charge is 0.487 e. The van der Waals surface area contributed by atoms with Gasteiger partial charge in [0.05, 0.1) is 0 Å². The Morgan fingerprint density at radius 1 is 1.35 bits per heavy atom. The van der Waals surface area contributed by atoms with Crippen LogP contribution < -0.4 is 10.1 Å². The van der Waals surface area contributed by atoms with Crippen LogP contribution in [0.15, 0.2) is 24.3 Å². The molecule has 0 saturated heterocycles. The summed E-state index contributed by atoms with van der Waals surface area (Å²) in [5.74, 6) is 0.118. The van der Waals surface area contributed by atoms with Crippen LogP contribution in [-0.2, 0) is 0 Å². The Kier molecular flexibility index (Phi) is 4.37. The molecule has 0 spiro atoms. The normalized spacial score (nSPS) is 24.6. The molecule has 17 heavy (non-hydrogen) atoms. The topological polar surface area (TPSA) is 21.3 Å². The van der Waals surface area contributed by atoms with E-state index in [0.29, 0.717) is 11.8 Å². The van der Waals surface area contributed by atoms with Crippen molar-refractivity contribution in [2.24, 2.45) is 0 Å². The van der Waals surface area contributed by atoms with E-state index in [-0.39, 0.29) is 11.9 Å². The number of para-hydroxylation sites is 1. The molecule has 1 aliphatic carbocycles. The molecule has 2 nitrogen and oxygen atoms in total. The fraction of sp³-hybridized carbons (Fsp3) is 0.571. The van der Waals surface area contributed by atoms with Crippen molar-refractivity contribution in [2.75, 3.05) is 6.54 Å². The van der Waals surface area contributed by atoms with E-state index in [9.17, 15) is 4.39 Å². The molecular formula is C14H20FNO. The Morgan fingerprint density at radius 3 is 2.94 bits per heavy atom. The minimum Gasteiger partial charge on any atom is -0.487 e. The molecule has 0 amide bonds. The van der Waals surface area contributed by atoms with Crippen molar-refractivity contribution < 1.29 is 9.13 Å². The third-order valence-electron chi connectivity index (χ3n) is 3.25. The lowest BCUT2D eigenvalue weighted by atomic mass is 9.93. The number of nitrogens with one attached hydrogen (secondary N) is 1. The molecule has 94 valence electrons. The second kappa shape index (κ2) is 6.01. The lowest BCUT2D eigenvalue weighted by Gasteiger charge is -2.30. The maximum absolute atomic E-state index is 13.4. The fourth-order valence-corrected chi connectivity index (χ4v) is 2.45. The molecule has 0 aliphatic heterocycles. The second-order valence-electron chi connectivity index (χ2n) is 4.59. The molecule has 1 aromatic rings. The van der Waals surface area contributed by atoms with Crippen LogP contribution in [0.2, 0.25) is 0 Å². The molecular weight excluding hydrogens is 217 g/mol. The van der Waals surface area contributed by atoms with E-state index < -0.39 is 0 Å². The molecule has 1 saturated carbocycles. The standard InChI is InChI=1S/C14H20FNO/c1-2-16-11-6-5-7-12(10-11)17-14-9-4-3-8-13(14)15/h3-4,8-9,11-12,16H,2,5-7,10H2,1H3. The predicted octanol–water partition coefficient (Wildman–Crippen LogP) is 3.13. The van der Waals surface area contributed by atoms with E-state index in [1.165, 1.54) is 12.5 Å². The van der Waals surface area contributed by atoms with Crippen molar-refractivity contribution in [3.63, 3.8) is 0 Å². The zero-order chi connectivity index (χ0) is 12.1. The van der Waals surface area contributed by atoms with Crippen molar-refractivity contribution >= 4 is 0 Å². The van der Waals surface area contributed by atoms with Crippen LogP contribution in [0.3, 0.4) is 0 Å². The summed E-state index contributed by atoms with van der Waals surface area (Å²) in [5.41, 5.74) is 0. The molecule has 1 fully saturated rings. The molecule has 0 aromatic heterocycles. The van der Waals surface area contributed by atoms with Gasteiger partial charge in [0.25, 0.3) is 0 Å². The first-order valence-corrected chi connectivity index (χ1v) is 6.44. The highest BCUT2D eigenvalue weighted by Gasteiger charge is 2.23. The number of rotatable bonds is 4. The van der Waals surface area contributed by atoms with Crippen molar-refractivity contribution in [1.82, 2.24) is 5.32 Å². The van der Waals surface area contributed by atoms with Gasteiger partial charge in [0.1, 0.15) is 6.10 Å². The minimum absolute atomic E-state index is 0.143. The molecule has 1 aliphatic rings. The van der Waals surface area contributed by atoms with Gasteiger partial charge in [-0.3, -0.25) is 0 Å². The number of hydrogen-bond acceptors (Lipinski definition) is 2. The smallest absolute Gasteiger partial charge is 0.165 e. The lowest BCUT2D eigenvalue weighted by molar-refractivity contribution is 0.130. The first-order valence-electron chi connectivity index (χ1n) is 6.44. The summed E-state index contributed by atoms with van der Waals surface area (Å²) in [7, 11) is 0. The van der Waals surface area contributed by atoms with Gasteiger partial charge in [0, 0.05) is 6.04 Å². The molecule has 2 atom stereocenters. The molecule has 2 rings (SSSR count). The van der Waals surface area contributed by atoms with Crippen molar-refractivity contribution in [1.29, 1.82) is 0 Å². The van der Waals surface area contributed by atoms with E-state index in [0.717, 1.165) is 25.8 Å². The molecule has 0 bridgehead atoms. The monoisotopic (exact) mass is 237 g/mol. The van der Waals surface area contributed by atoms with E-state index in [4.69, 9.17) is 4.74 Å². The van der Waals surface area contributed by atoms with Crippen molar-refractivity contribution in [3.8, 4) is 5.75 Å². The highest BCUT2D eigenvalue weighted by molar-refractivity contribution is 5.23. The zero-order valence-corrected chi connectivity index (χ0v) is 10.3.